The summed E-state index contributed by atoms with van der Waals surface area (Å²) in [5.74, 6) is -1.54. The van der Waals surface area contributed by atoms with E-state index >= 15 is 0 Å². The largest absolute Gasteiger partial charge is 0.468 e. The molecule has 0 saturated carbocycles. The van der Waals surface area contributed by atoms with Gasteiger partial charge in [-0.15, -0.1) is 0 Å². The van der Waals surface area contributed by atoms with E-state index < -0.39 is 33.3 Å². The first-order valence-electron chi connectivity index (χ1n) is 5.25. The first-order chi connectivity index (χ1) is 8.43. The fraction of sp³-hybridized carbons (Fsp3) is 0.364. The van der Waals surface area contributed by atoms with E-state index in [1.54, 1.807) is 6.92 Å². The van der Waals surface area contributed by atoms with Crippen LogP contribution in [0.15, 0.2) is 29.2 Å². The molecule has 0 unspecified atom stereocenters. The highest BCUT2D eigenvalue weighted by molar-refractivity contribution is 7.89. The molecule has 0 bridgehead atoms. The molecule has 0 radical (unpaired) electrons. The fourth-order valence-electron chi connectivity index (χ4n) is 1.37. The predicted molar refractivity (Wildman–Crippen MR) is 62.8 cm³/mol. The van der Waals surface area contributed by atoms with Crippen molar-refractivity contribution in [2.24, 2.45) is 0 Å². The Morgan fingerprint density at radius 3 is 2.50 bits per heavy atom. The van der Waals surface area contributed by atoms with Crippen LogP contribution in [0.2, 0.25) is 0 Å². The molecule has 0 aliphatic carbocycles. The summed E-state index contributed by atoms with van der Waals surface area (Å²) < 4.78 is 43.0. The third-order valence-corrected chi connectivity index (χ3v) is 4.29. The summed E-state index contributed by atoms with van der Waals surface area (Å²) in [6.07, 6.45) is 0. The summed E-state index contributed by atoms with van der Waals surface area (Å²) in [6, 6.07) is 5.02. The Bertz CT molecular complexity index is 530. The first kappa shape index (κ1) is 14.6. The molecule has 1 aromatic carbocycles. The number of hydrogen-bond acceptors (Lipinski definition) is 4. The maximum absolute atomic E-state index is 13.5. The average Bonchev–Trinajstić information content (AvgIpc) is 2.35. The number of ether oxygens (including phenoxy) is 1. The molecule has 0 heterocycles. The maximum Gasteiger partial charge on any atom is 0.321 e. The molecule has 0 amide bonds. The van der Waals surface area contributed by atoms with Crippen molar-refractivity contribution in [2.75, 3.05) is 20.2 Å². The number of rotatable bonds is 5. The second kappa shape index (κ2) is 5.92. The molecule has 5 nitrogen and oxygen atoms in total. The smallest absolute Gasteiger partial charge is 0.321 e. The molecule has 0 N–H and O–H groups in total. The monoisotopic (exact) mass is 275 g/mol. The van der Waals surface area contributed by atoms with Gasteiger partial charge in [-0.05, 0) is 12.1 Å². The van der Waals surface area contributed by atoms with Crippen LogP contribution in [0.4, 0.5) is 4.39 Å². The van der Waals surface area contributed by atoms with Gasteiger partial charge < -0.3 is 4.74 Å². The second-order valence-corrected chi connectivity index (χ2v) is 5.34. The van der Waals surface area contributed by atoms with Crippen LogP contribution in [0.3, 0.4) is 0 Å². The Labute approximate surface area is 105 Å². The lowest BCUT2D eigenvalue weighted by Crippen LogP contribution is -2.36. The van der Waals surface area contributed by atoms with Gasteiger partial charge in [-0.2, -0.15) is 4.31 Å². The highest BCUT2D eigenvalue weighted by Crippen LogP contribution is 2.18. The van der Waals surface area contributed by atoms with Gasteiger partial charge in [-0.25, -0.2) is 12.8 Å². The van der Waals surface area contributed by atoms with E-state index in [1.165, 1.54) is 12.1 Å². The number of sulfonamides is 1. The molecule has 0 aromatic heterocycles. The second-order valence-electron chi connectivity index (χ2n) is 3.44. The van der Waals surface area contributed by atoms with Crippen LogP contribution >= 0.6 is 0 Å². The molecular weight excluding hydrogens is 261 g/mol. The number of hydrogen-bond donors (Lipinski definition) is 0. The quantitative estimate of drug-likeness (QED) is 0.752. The van der Waals surface area contributed by atoms with Gasteiger partial charge in [0.15, 0.2) is 0 Å². The van der Waals surface area contributed by atoms with Gasteiger partial charge in [0.1, 0.15) is 17.3 Å². The predicted octanol–water partition coefficient (Wildman–Crippen LogP) is 1.01. The van der Waals surface area contributed by atoms with Crippen molar-refractivity contribution in [3.63, 3.8) is 0 Å². The minimum Gasteiger partial charge on any atom is -0.468 e. The summed E-state index contributed by atoms with van der Waals surface area (Å²) in [7, 11) is -2.87. The van der Waals surface area contributed by atoms with Gasteiger partial charge in [0.2, 0.25) is 10.0 Å². The van der Waals surface area contributed by atoms with E-state index in [1.807, 2.05) is 0 Å². The number of benzene rings is 1. The Balaban J connectivity index is 3.12. The van der Waals surface area contributed by atoms with Crippen molar-refractivity contribution >= 4 is 16.0 Å². The molecule has 7 heteroatoms. The van der Waals surface area contributed by atoms with Gasteiger partial charge in [-0.1, -0.05) is 19.1 Å². The van der Waals surface area contributed by atoms with Gasteiger partial charge in [-0.3, -0.25) is 4.79 Å². The fourth-order valence-corrected chi connectivity index (χ4v) is 2.83. The normalized spacial score (nSPS) is 11.6. The molecule has 0 atom stereocenters. The summed E-state index contributed by atoms with van der Waals surface area (Å²) in [6.45, 7) is 1.16. The molecular formula is C11H14FNO4S. The Kier molecular flexibility index (Phi) is 4.80. The standard InChI is InChI=1S/C11H14FNO4S/c1-3-13(8-11(14)17-2)18(15,16)10-7-5-4-6-9(10)12/h4-7H,3,8H2,1-2H3. The van der Waals surface area contributed by atoms with E-state index in [2.05, 4.69) is 4.74 Å². The molecule has 100 valence electrons. The Hall–Kier alpha value is -1.47. The van der Waals surface area contributed by atoms with Crippen LogP contribution in [0.25, 0.3) is 0 Å². The molecule has 0 aliphatic heterocycles. The van der Waals surface area contributed by atoms with Crippen molar-refractivity contribution in [3.8, 4) is 0 Å². The van der Waals surface area contributed by atoms with Gasteiger partial charge in [0.05, 0.1) is 7.11 Å². The molecule has 18 heavy (non-hydrogen) atoms. The Morgan fingerprint density at radius 2 is 2.00 bits per heavy atom. The zero-order valence-electron chi connectivity index (χ0n) is 10.1. The van der Waals surface area contributed by atoms with Gasteiger partial charge in [0, 0.05) is 6.54 Å². The molecule has 0 aliphatic rings. The van der Waals surface area contributed by atoms with Crippen molar-refractivity contribution in [2.45, 2.75) is 11.8 Å². The summed E-state index contributed by atoms with van der Waals surface area (Å²) in [4.78, 5) is 10.7. The van der Waals surface area contributed by atoms with Crippen LogP contribution in [0.5, 0.6) is 0 Å². The third kappa shape index (κ3) is 3.05. The summed E-state index contributed by atoms with van der Waals surface area (Å²) in [5, 5.41) is 0. The lowest BCUT2D eigenvalue weighted by molar-refractivity contribution is -0.140. The molecule has 0 fully saturated rings. The number of likely N-dealkylation sites (N-methyl/N-ethyl adjacent to an activating group) is 1. The minimum absolute atomic E-state index is 0.0474. The molecule has 0 spiro atoms. The lowest BCUT2D eigenvalue weighted by Gasteiger charge is -2.19. The number of halogens is 1. The van der Waals surface area contributed by atoms with Crippen molar-refractivity contribution < 1.29 is 22.3 Å². The topological polar surface area (TPSA) is 63.7 Å². The zero-order chi connectivity index (χ0) is 13.8. The van der Waals surface area contributed by atoms with Crippen LogP contribution in [-0.2, 0) is 19.6 Å². The van der Waals surface area contributed by atoms with Crippen LogP contribution in [0, 0.1) is 5.82 Å². The average molecular weight is 275 g/mol. The van der Waals surface area contributed by atoms with Crippen molar-refractivity contribution in [1.82, 2.24) is 4.31 Å². The number of carbonyl (C=O) groups excluding carboxylic acids is 1. The van der Waals surface area contributed by atoms with E-state index in [9.17, 15) is 17.6 Å². The number of nitrogens with zero attached hydrogens (tertiary/aromatic N) is 1. The number of esters is 1. The summed E-state index contributed by atoms with van der Waals surface area (Å²) in [5.41, 5.74) is 0. The molecule has 1 aromatic rings. The van der Waals surface area contributed by atoms with E-state index in [4.69, 9.17) is 0 Å². The van der Waals surface area contributed by atoms with E-state index in [0.29, 0.717) is 0 Å². The maximum atomic E-state index is 13.5. The molecule has 0 saturated heterocycles. The van der Waals surface area contributed by atoms with Crippen LogP contribution in [0.1, 0.15) is 6.92 Å². The van der Waals surface area contributed by atoms with Crippen LogP contribution in [-0.4, -0.2) is 38.9 Å². The Morgan fingerprint density at radius 1 is 1.39 bits per heavy atom. The summed E-state index contributed by atoms with van der Waals surface area (Å²) >= 11 is 0. The van der Waals surface area contributed by atoms with Crippen LogP contribution < -0.4 is 0 Å². The highest BCUT2D eigenvalue weighted by Gasteiger charge is 2.27. The van der Waals surface area contributed by atoms with Gasteiger partial charge in [0.25, 0.3) is 0 Å². The first-order valence-corrected chi connectivity index (χ1v) is 6.69. The number of methoxy groups -OCH3 is 1. The van der Waals surface area contributed by atoms with Gasteiger partial charge >= 0.3 is 5.97 Å². The third-order valence-electron chi connectivity index (χ3n) is 2.34. The number of carbonyl (C=O) groups is 1. The molecule has 1 rings (SSSR count). The van der Waals surface area contributed by atoms with E-state index in [0.717, 1.165) is 23.5 Å². The highest BCUT2D eigenvalue weighted by atomic mass is 32.2. The van der Waals surface area contributed by atoms with Crippen molar-refractivity contribution in [1.29, 1.82) is 0 Å². The minimum atomic E-state index is -4.03. The van der Waals surface area contributed by atoms with E-state index in [-0.39, 0.29) is 6.54 Å². The van der Waals surface area contributed by atoms with Crippen molar-refractivity contribution in [3.05, 3.63) is 30.1 Å². The SMILES string of the molecule is CCN(CC(=O)OC)S(=O)(=O)c1ccccc1F. The zero-order valence-corrected chi connectivity index (χ0v) is 10.9. The lowest BCUT2D eigenvalue weighted by atomic mass is 10.4.